The van der Waals surface area contributed by atoms with Crippen LogP contribution in [0.2, 0.25) is 0 Å². The molecule has 1 aromatic carbocycles. The molecule has 0 amide bonds. The van der Waals surface area contributed by atoms with Gasteiger partial charge in [0.15, 0.2) is 12.3 Å². The predicted octanol–water partition coefficient (Wildman–Crippen LogP) is 0.582. The summed E-state index contributed by atoms with van der Waals surface area (Å²) in [7, 11) is -4.42. The Hall–Kier alpha value is -4.08. The molecule has 2 aromatic rings. The molecule has 0 spiro atoms. The molecule has 1 saturated heterocycles. The first-order valence-corrected chi connectivity index (χ1v) is 12.5. The number of aryl methyl sites for hydroxylation is 1. The van der Waals surface area contributed by atoms with E-state index in [-0.39, 0.29) is 16.3 Å². The van der Waals surface area contributed by atoms with Gasteiger partial charge in [0.25, 0.3) is 10.1 Å². The molecule has 14 nitrogen and oxygen atoms in total. The summed E-state index contributed by atoms with van der Waals surface area (Å²) in [6.07, 6.45) is -2.43. The molecule has 3 rings (SSSR count). The Morgan fingerprint density at radius 2 is 1.84 bits per heavy atom. The van der Waals surface area contributed by atoms with Gasteiger partial charge in [-0.05, 0) is 25.1 Å². The summed E-state index contributed by atoms with van der Waals surface area (Å²) >= 11 is 0. The van der Waals surface area contributed by atoms with Crippen LogP contribution in [0.1, 0.15) is 25.0 Å². The van der Waals surface area contributed by atoms with Gasteiger partial charge in [0, 0.05) is 31.7 Å². The number of hydrogen-bond acceptors (Lipinski definition) is 12. The largest absolute Gasteiger partial charge is 0.478 e. The molecule has 1 fully saturated rings. The quantitative estimate of drug-likeness (QED) is 0.211. The van der Waals surface area contributed by atoms with E-state index in [9.17, 15) is 27.6 Å². The van der Waals surface area contributed by atoms with Crippen molar-refractivity contribution in [1.29, 1.82) is 0 Å². The zero-order valence-electron chi connectivity index (χ0n) is 20.4. The van der Waals surface area contributed by atoms with E-state index in [4.69, 9.17) is 23.5 Å². The highest BCUT2D eigenvalue weighted by Crippen LogP contribution is 2.31. The van der Waals surface area contributed by atoms with E-state index in [0.717, 1.165) is 31.6 Å². The fourth-order valence-electron chi connectivity index (χ4n) is 3.47. The number of hydrogen-bond donors (Lipinski definition) is 3. The number of aliphatic carboxylic acids is 1. The average Bonchev–Trinajstić information content (AvgIpc) is 3.12. The van der Waals surface area contributed by atoms with Crippen LogP contribution in [0.3, 0.4) is 0 Å². The molecular weight excluding hydrogens is 526 g/mol. The Morgan fingerprint density at radius 1 is 1.16 bits per heavy atom. The molecule has 0 aliphatic carbocycles. The minimum Gasteiger partial charge on any atom is -0.478 e. The minimum absolute atomic E-state index is 0.116. The van der Waals surface area contributed by atoms with E-state index in [1.165, 1.54) is 18.3 Å². The highest BCUT2D eigenvalue weighted by Gasteiger charge is 2.51. The molecule has 15 heteroatoms. The summed E-state index contributed by atoms with van der Waals surface area (Å²) in [4.78, 5) is 52.1. The molecule has 2 heterocycles. The SMILES string of the molecule is CC(=O)OC[C@H]1O[C@@H](Nc2nc(=O)[nH]cc2C=CC(=O)O)[C@H](OC(C)=O)[C@H]1OS(=O)(=O)c1ccc(C)cc1. The lowest BCUT2D eigenvalue weighted by molar-refractivity contribution is -0.151. The lowest BCUT2D eigenvalue weighted by Crippen LogP contribution is -2.43. The Kier molecular flexibility index (Phi) is 8.98. The van der Waals surface area contributed by atoms with E-state index in [2.05, 4.69) is 15.3 Å². The van der Waals surface area contributed by atoms with Crippen LogP contribution in [0, 0.1) is 6.92 Å². The summed E-state index contributed by atoms with van der Waals surface area (Å²) in [5, 5.41) is 11.7. The lowest BCUT2D eigenvalue weighted by Gasteiger charge is -2.24. The van der Waals surface area contributed by atoms with E-state index < -0.39 is 64.9 Å². The number of nitrogens with zero attached hydrogens (tertiary/aromatic N) is 1. The summed E-state index contributed by atoms with van der Waals surface area (Å²) in [5.74, 6) is -2.94. The van der Waals surface area contributed by atoms with Crippen LogP contribution in [0.25, 0.3) is 6.08 Å². The molecular formula is C23H25N3O11S. The van der Waals surface area contributed by atoms with Gasteiger partial charge < -0.3 is 29.6 Å². The number of carboxylic acids is 1. The van der Waals surface area contributed by atoms with E-state index in [1.54, 1.807) is 19.1 Å². The molecule has 1 aliphatic heterocycles. The van der Waals surface area contributed by atoms with Crippen LogP contribution in [-0.4, -0.2) is 72.5 Å². The van der Waals surface area contributed by atoms with Crippen molar-refractivity contribution in [2.75, 3.05) is 11.9 Å². The minimum atomic E-state index is -4.42. The predicted molar refractivity (Wildman–Crippen MR) is 129 cm³/mol. The van der Waals surface area contributed by atoms with Gasteiger partial charge in [0.1, 0.15) is 24.6 Å². The second-order valence-corrected chi connectivity index (χ2v) is 9.70. The first-order valence-electron chi connectivity index (χ1n) is 11.1. The molecule has 0 bridgehead atoms. The number of ether oxygens (including phenoxy) is 3. The first-order chi connectivity index (χ1) is 17.9. The molecule has 3 N–H and O–H groups in total. The molecule has 204 valence electrons. The van der Waals surface area contributed by atoms with Crippen molar-refractivity contribution in [3.63, 3.8) is 0 Å². The Balaban J connectivity index is 2.00. The monoisotopic (exact) mass is 551 g/mol. The summed E-state index contributed by atoms with van der Waals surface area (Å²) in [6, 6.07) is 5.80. The van der Waals surface area contributed by atoms with Crippen LogP contribution in [0.4, 0.5) is 5.82 Å². The number of benzene rings is 1. The van der Waals surface area contributed by atoms with Crippen molar-refractivity contribution in [3.05, 3.63) is 58.1 Å². The zero-order chi connectivity index (χ0) is 28.0. The molecule has 38 heavy (non-hydrogen) atoms. The van der Waals surface area contributed by atoms with Gasteiger partial charge in [-0.15, -0.1) is 0 Å². The molecule has 0 unspecified atom stereocenters. The normalized spacial score (nSPS) is 21.2. The van der Waals surface area contributed by atoms with Gasteiger partial charge in [0.2, 0.25) is 0 Å². The van der Waals surface area contributed by atoms with Crippen molar-refractivity contribution in [2.24, 2.45) is 0 Å². The van der Waals surface area contributed by atoms with Crippen molar-refractivity contribution in [2.45, 2.75) is 50.2 Å². The number of carboxylic acid groups (broad SMARTS) is 1. The summed E-state index contributed by atoms with van der Waals surface area (Å²) in [6.45, 7) is 3.52. The van der Waals surface area contributed by atoms with Gasteiger partial charge in [-0.2, -0.15) is 13.4 Å². The van der Waals surface area contributed by atoms with Crippen molar-refractivity contribution >= 4 is 39.9 Å². The molecule has 1 aromatic heterocycles. The third kappa shape index (κ3) is 7.47. The van der Waals surface area contributed by atoms with Crippen LogP contribution < -0.4 is 11.0 Å². The highest BCUT2D eigenvalue weighted by molar-refractivity contribution is 7.86. The number of aromatic nitrogens is 2. The Morgan fingerprint density at radius 3 is 2.45 bits per heavy atom. The van der Waals surface area contributed by atoms with Crippen molar-refractivity contribution in [3.8, 4) is 0 Å². The Bertz CT molecular complexity index is 1390. The molecule has 0 radical (unpaired) electrons. The van der Waals surface area contributed by atoms with Crippen LogP contribution in [0.5, 0.6) is 0 Å². The first kappa shape index (κ1) is 28.5. The molecule has 0 saturated carbocycles. The standard InChI is InChI=1S/C23H25N3O11S/c1-12-4-7-16(8-5-12)38(32,33)37-19-17(11-34-13(2)27)36-22(20(19)35-14(3)28)25-21-15(6-9-18(29)30)10-24-23(31)26-21/h4-10,17,19-20,22H,11H2,1-3H3,(H,29,30)(H2,24,25,26,31)/t17-,19+,20-,22-/m1/s1. The smallest absolute Gasteiger partial charge is 0.346 e. The van der Waals surface area contributed by atoms with Gasteiger partial charge >= 0.3 is 23.6 Å². The number of carbonyl (C=O) groups excluding carboxylic acids is 2. The average molecular weight is 552 g/mol. The van der Waals surface area contributed by atoms with Gasteiger partial charge in [0.05, 0.1) is 4.90 Å². The highest BCUT2D eigenvalue weighted by atomic mass is 32.2. The second-order valence-electron chi connectivity index (χ2n) is 8.13. The number of anilines is 1. The number of carbonyl (C=O) groups is 3. The fourth-order valence-corrected chi connectivity index (χ4v) is 4.57. The van der Waals surface area contributed by atoms with Crippen molar-refractivity contribution in [1.82, 2.24) is 9.97 Å². The van der Waals surface area contributed by atoms with E-state index in [1.807, 2.05) is 0 Å². The number of nitrogens with one attached hydrogen (secondary N) is 2. The number of esters is 2. The maximum Gasteiger partial charge on any atom is 0.346 e. The second kappa shape index (κ2) is 12.0. The van der Waals surface area contributed by atoms with E-state index >= 15 is 0 Å². The summed E-state index contributed by atoms with van der Waals surface area (Å²) in [5.41, 5.74) is 0.125. The topological polar surface area (TPSA) is 200 Å². The van der Waals surface area contributed by atoms with Gasteiger partial charge in [-0.3, -0.25) is 13.8 Å². The van der Waals surface area contributed by atoms with Gasteiger partial charge in [-0.25, -0.2) is 9.59 Å². The van der Waals surface area contributed by atoms with Crippen LogP contribution >= 0.6 is 0 Å². The number of rotatable bonds is 10. The van der Waals surface area contributed by atoms with Gasteiger partial charge in [-0.1, -0.05) is 17.7 Å². The van der Waals surface area contributed by atoms with E-state index in [0.29, 0.717) is 0 Å². The van der Waals surface area contributed by atoms with Crippen LogP contribution in [-0.2, 0) is 42.9 Å². The molecule has 4 atom stereocenters. The number of aromatic amines is 1. The lowest BCUT2D eigenvalue weighted by atomic mass is 10.1. The number of H-pyrrole nitrogens is 1. The molecule has 1 aliphatic rings. The summed E-state index contributed by atoms with van der Waals surface area (Å²) < 4.78 is 47.7. The van der Waals surface area contributed by atoms with Crippen LogP contribution in [0.15, 0.2) is 46.2 Å². The fraction of sp³-hybridized carbons (Fsp3) is 0.348. The zero-order valence-corrected chi connectivity index (χ0v) is 21.3. The maximum atomic E-state index is 13.1. The maximum absolute atomic E-state index is 13.1. The third-order valence-corrected chi connectivity index (χ3v) is 6.46. The Labute approximate surface area is 216 Å². The third-order valence-electron chi connectivity index (χ3n) is 5.13. The van der Waals surface area contributed by atoms with Crippen molar-refractivity contribution < 1.29 is 46.3 Å².